The van der Waals surface area contributed by atoms with Crippen LogP contribution < -0.4 is 0 Å². The van der Waals surface area contributed by atoms with E-state index in [2.05, 4.69) is 20.2 Å². The monoisotopic (exact) mass is 254 g/mol. The van der Waals surface area contributed by atoms with Gasteiger partial charge in [0.1, 0.15) is 16.7 Å². The number of aryl methyl sites for hydroxylation is 1. The van der Waals surface area contributed by atoms with Gasteiger partial charge >= 0.3 is 5.97 Å². The van der Waals surface area contributed by atoms with Gasteiger partial charge in [-0.15, -0.1) is 5.10 Å². The Kier molecular flexibility index (Phi) is 3.05. The van der Waals surface area contributed by atoms with Gasteiger partial charge in [-0.3, -0.25) is 5.10 Å². The van der Waals surface area contributed by atoms with Crippen molar-refractivity contribution in [2.45, 2.75) is 17.1 Å². The van der Waals surface area contributed by atoms with E-state index in [0.717, 1.165) is 24.0 Å². The Bertz CT molecular complexity index is 572. The number of carbonyl (C=O) groups is 1. The molecule has 2 aromatic heterocycles. The van der Waals surface area contributed by atoms with Crippen LogP contribution in [0.3, 0.4) is 0 Å². The van der Waals surface area contributed by atoms with E-state index in [1.54, 1.807) is 6.92 Å². The van der Waals surface area contributed by atoms with Crippen LogP contribution >= 0.6 is 11.8 Å². The molecule has 0 radical (unpaired) electrons. The maximum absolute atomic E-state index is 12.9. The van der Waals surface area contributed by atoms with Gasteiger partial charge in [0.25, 0.3) is 0 Å². The number of pyridine rings is 1. The molecule has 8 heteroatoms. The van der Waals surface area contributed by atoms with Crippen molar-refractivity contribution in [3.63, 3.8) is 0 Å². The van der Waals surface area contributed by atoms with Gasteiger partial charge in [-0.2, -0.15) is 0 Å². The van der Waals surface area contributed by atoms with Crippen molar-refractivity contribution in [3.8, 4) is 0 Å². The van der Waals surface area contributed by atoms with Gasteiger partial charge < -0.3 is 5.11 Å². The van der Waals surface area contributed by atoms with E-state index in [1.807, 2.05) is 0 Å². The normalized spacial score (nSPS) is 10.5. The van der Waals surface area contributed by atoms with Crippen LogP contribution in [0.25, 0.3) is 0 Å². The lowest BCUT2D eigenvalue weighted by molar-refractivity contribution is 0.0691. The van der Waals surface area contributed by atoms with Gasteiger partial charge in [-0.1, -0.05) is 0 Å². The summed E-state index contributed by atoms with van der Waals surface area (Å²) in [5.41, 5.74) is -0.211. The molecule has 0 saturated carbocycles. The highest BCUT2D eigenvalue weighted by molar-refractivity contribution is 7.99. The number of aromatic carboxylic acids is 1. The zero-order valence-electron chi connectivity index (χ0n) is 8.64. The summed E-state index contributed by atoms with van der Waals surface area (Å²) in [6.07, 6.45) is 0.953. The number of carboxylic acids is 1. The minimum absolute atomic E-state index is 0.151. The standard InChI is InChI=1S/C9H7FN4O2S/c1-4-12-9(14-13-4)17-7-6(8(15)16)2-5(10)3-11-7/h2-3H,1H3,(H,15,16)(H,12,13,14). The quantitative estimate of drug-likeness (QED) is 0.862. The Morgan fingerprint density at radius 2 is 2.35 bits per heavy atom. The number of rotatable bonds is 3. The van der Waals surface area contributed by atoms with Gasteiger partial charge in [-0.05, 0) is 24.8 Å². The largest absolute Gasteiger partial charge is 0.478 e. The number of nitrogens with one attached hydrogen (secondary N) is 1. The first-order valence-corrected chi connectivity index (χ1v) is 5.33. The van der Waals surface area contributed by atoms with E-state index < -0.39 is 11.8 Å². The van der Waals surface area contributed by atoms with Crippen molar-refractivity contribution in [2.24, 2.45) is 0 Å². The van der Waals surface area contributed by atoms with Crippen LogP contribution in [0.1, 0.15) is 16.2 Å². The number of carboxylic acid groups (broad SMARTS) is 1. The molecular weight excluding hydrogens is 247 g/mol. The Morgan fingerprint density at radius 1 is 1.59 bits per heavy atom. The van der Waals surface area contributed by atoms with Gasteiger partial charge in [0.2, 0.25) is 5.16 Å². The van der Waals surface area contributed by atoms with Crippen LogP contribution in [-0.4, -0.2) is 31.2 Å². The van der Waals surface area contributed by atoms with E-state index in [0.29, 0.717) is 11.0 Å². The Morgan fingerprint density at radius 3 is 2.94 bits per heavy atom. The second-order valence-electron chi connectivity index (χ2n) is 3.12. The Hall–Kier alpha value is -1.96. The van der Waals surface area contributed by atoms with Crippen LogP contribution in [0.2, 0.25) is 0 Å². The smallest absolute Gasteiger partial charge is 0.338 e. The van der Waals surface area contributed by atoms with Gasteiger partial charge in [0.05, 0.1) is 11.8 Å². The highest BCUT2D eigenvalue weighted by atomic mass is 32.2. The summed E-state index contributed by atoms with van der Waals surface area (Å²) < 4.78 is 12.9. The predicted molar refractivity (Wildman–Crippen MR) is 56.4 cm³/mol. The lowest BCUT2D eigenvalue weighted by atomic mass is 10.3. The summed E-state index contributed by atoms with van der Waals surface area (Å²) in [7, 11) is 0. The first kappa shape index (κ1) is 11.5. The third-order valence-electron chi connectivity index (χ3n) is 1.81. The molecule has 2 rings (SSSR count). The summed E-state index contributed by atoms with van der Waals surface area (Å²) in [5.74, 6) is -1.34. The molecule has 0 aromatic carbocycles. The topological polar surface area (TPSA) is 91.8 Å². The second kappa shape index (κ2) is 4.50. The third-order valence-corrected chi connectivity index (χ3v) is 2.70. The van der Waals surface area contributed by atoms with Gasteiger partial charge in [-0.25, -0.2) is 19.2 Å². The highest BCUT2D eigenvalue weighted by Crippen LogP contribution is 2.26. The Labute approximate surface area is 99.3 Å². The molecule has 0 bridgehead atoms. The molecule has 88 valence electrons. The molecule has 0 aliphatic heterocycles. The fourth-order valence-corrected chi connectivity index (χ4v) is 1.92. The molecule has 0 aliphatic rings. The molecule has 0 aliphatic carbocycles. The number of hydrogen-bond donors (Lipinski definition) is 2. The maximum Gasteiger partial charge on any atom is 0.338 e. The molecule has 0 spiro atoms. The van der Waals surface area contributed by atoms with Crippen molar-refractivity contribution in [3.05, 3.63) is 29.5 Å². The van der Waals surface area contributed by atoms with E-state index in [4.69, 9.17) is 5.11 Å². The van der Waals surface area contributed by atoms with Crippen LogP contribution in [0.15, 0.2) is 22.4 Å². The molecule has 2 N–H and O–H groups in total. The van der Waals surface area contributed by atoms with E-state index in [1.165, 1.54) is 0 Å². The minimum Gasteiger partial charge on any atom is -0.478 e. The number of aromatic nitrogens is 4. The zero-order chi connectivity index (χ0) is 12.4. The van der Waals surface area contributed by atoms with Crippen molar-refractivity contribution in [1.29, 1.82) is 0 Å². The summed E-state index contributed by atoms with van der Waals surface area (Å²) in [4.78, 5) is 18.6. The summed E-state index contributed by atoms with van der Waals surface area (Å²) >= 11 is 0.960. The van der Waals surface area contributed by atoms with Crippen LogP contribution in [0.5, 0.6) is 0 Å². The van der Waals surface area contributed by atoms with E-state index in [-0.39, 0.29) is 10.6 Å². The molecular formula is C9H7FN4O2S. The molecule has 0 fully saturated rings. The second-order valence-corrected chi connectivity index (χ2v) is 4.07. The SMILES string of the molecule is Cc1nc(Sc2ncc(F)cc2C(=O)O)n[nH]1. The summed E-state index contributed by atoms with van der Waals surface area (Å²) in [5, 5.41) is 15.8. The van der Waals surface area contributed by atoms with Crippen molar-refractivity contribution < 1.29 is 14.3 Å². The zero-order valence-corrected chi connectivity index (χ0v) is 9.45. The van der Waals surface area contributed by atoms with Crippen molar-refractivity contribution >= 4 is 17.7 Å². The predicted octanol–water partition coefficient (Wildman–Crippen LogP) is 1.50. The average Bonchev–Trinajstić information content (AvgIpc) is 2.66. The lowest BCUT2D eigenvalue weighted by Crippen LogP contribution is -2.02. The number of nitrogens with zero attached hydrogens (tertiary/aromatic N) is 3. The Balaban J connectivity index is 2.35. The average molecular weight is 254 g/mol. The lowest BCUT2D eigenvalue weighted by Gasteiger charge is -2.01. The molecule has 0 atom stereocenters. The number of hydrogen-bond acceptors (Lipinski definition) is 5. The van der Waals surface area contributed by atoms with Crippen molar-refractivity contribution in [1.82, 2.24) is 20.2 Å². The van der Waals surface area contributed by atoms with Crippen molar-refractivity contribution in [2.75, 3.05) is 0 Å². The molecule has 0 amide bonds. The van der Waals surface area contributed by atoms with Crippen LogP contribution in [0.4, 0.5) is 4.39 Å². The minimum atomic E-state index is -1.24. The number of H-pyrrole nitrogens is 1. The van der Waals surface area contributed by atoms with Gasteiger partial charge in [0, 0.05) is 0 Å². The third kappa shape index (κ3) is 2.59. The molecule has 0 saturated heterocycles. The highest BCUT2D eigenvalue weighted by Gasteiger charge is 2.15. The van der Waals surface area contributed by atoms with Crippen LogP contribution in [-0.2, 0) is 0 Å². The first-order valence-electron chi connectivity index (χ1n) is 4.52. The van der Waals surface area contributed by atoms with Gasteiger partial charge in [0.15, 0.2) is 0 Å². The molecule has 2 aromatic rings. The molecule has 0 unspecified atom stereocenters. The fourth-order valence-electron chi connectivity index (χ4n) is 1.12. The fraction of sp³-hybridized carbons (Fsp3) is 0.111. The maximum atomic E-state index is 12.9. The number of aromatic amines is 1. The first-order chi connectivity index (χ1) is 8.06. The van der Waals surface area contributed by atoms with E-state index >= 15 is 0 Å². The number of halogens is 1. The van der Waals surface area contributed by atoms with Crippen LogP contribution in [0, 0.1) is 12.7 Å². The summed E-state index contributed by atoms with van der Waals surface area (Å²) in [6, 6.07) is 0.914. The molecule has 6 nitrogen and oxygen atoms in total. The molecule has 2 heterocycles. The molecule has 17 heavy (non-hydrogen) atoms. The van der Waals surface area contributed by atoms with E-state index in [9.17, 15) is 9.18 Å². The summed E-state index contributed by atoms with van der Waals surface area (Å²) in [6.45, 7) is 1.72.